The number of Topliss-reactive ketones (excluding diaryl/α,β-unsaturated/α-hetero) is 1. The van der Waals surface area contributed by atoms with Crippen molar-refractivity contribution in [1.82, 2.24) is 0 Å². The fraction of sp³-hybridized carbons (Fsp3) is 0.458. The minimum Gasteiger partial charge on any atom is -0.300 e. The van der Waals surface area contributed by atoms with Crippen LogP contribution in [0.1, 0.15) is 64.0 Å². The lowest BCUT2D eigenvalue weighted by atomic mass is 9.76. The minimum atomic E-state index is -3.84. The Labute approximate surface area is 177 Å². The van der Waals surface area contributed by atoms with Crippen molar-refractivity contribution in [3.05, 3.63) is 65.5 Å². The van der Waals surface area contributed by atoms with Gasteiger partial charge in [0.1, 0.15) is 22.0 Å². The first kappa shape index (κ1) is 22.6. The quantitative estimate of drug-likeness (QED) is 0.535. The molecule has 1 saturated carbocycles. The molecule has 0 aliphatic heterocycles. The monoisotopic (exact) mass is 434 g/mol. The minimum absolute atomic E-state index is 0.0730. The third-order valence-corrected chi connectivity index (χ3v) is 8.79. The van der Waals surface area contributed by atoms with Crippen molar-refractivity contribution in [2.75, 3.05) is 0 Å². The predicted octanol–water partition coefficient (Wildman–Crippen LogP) is 5.87. The second kappa shape index (κ2) is 8.22. The normalized spacial score (nSPS) is 22.6. The first-order valence-corrected chi connectivity index (χ1v) is 11.7. The summed E-state index contributed by atoms with van der Waals surface area (Å²) in [6, 6.07) is 11.6. The summed E-state index contributed by atoms with van der Waals surface area (Å²) in [4.78, 5) is 11.6. The van der Waals surface area contributed by atoms with Crippen LogP contribution in [-0.2, 0) is 25.0 Å². The van der Waals surface area contributed by atoms with E-state index in [-0.39, 0.29) is 16.6 Å². The zero-order valence-corrected chi connectivity index (χ0v) is 18.4. The van der Waals surface area contributed by atoms with Crippen LogP contribution in [0.4, 0.5) is 8.78 Å². The first-order valence-electron chi connectivity index (χ1n) is 10.3. The molecule has 1 aliphatic carbocycles. The number of alkyl halides is 1. The van der Waals surface area contributed by atoms with Crippen molar-refractivity contribution in [3.8, 4) is 0 Å². The van der Waals surface area contributed by atoms with E-state index in [1.807, 2.05) is 0 Å². The molecule has 2 aromatic carbocycles. The van der Waals surface area contributed by atoms with Crippen molar-refractivity contribution in [1.29, 1.82) is 0 Å². The molecule has 0 atom stereocenters. The number of rotatable bonds is 6. The molecule has 30 heavy (non-hydrogen) atoms. The Balaban J connectivity index is 2.06. The van der Waals surface area contributed by atoms with Gasteiger partial charge in [0.2, 0.25) is 0 Å². The maximum atomic E-state index is 14.3. The molecule has 0 unspecified atom stereocenters. The van der Waals surface area contributed by atoms with Crippen LogP contribution in [0.2, 0.25) is 0 Å². The van der Waals surface area contributed by atoms with Crippen LogP contribution in [0, 0.1) is 11.7 Å². The van der Waals surface area contributed by atoms with Gasteiger partial charge in [0.15, 0.2) is 9.84 Å². The second-order valence-electron chi connectivity index (χ2n) is 8.85. The van der Waals surface area contributed by atoms with E-state index in [0.29, 0.717) is 43.2 Å². The Morgan fingerprint density at radius 1 is 1.03 bits per heavy atom. The molecule has 6 heteroatoms. The SMILES string of the molecule is CC(=O)CC1CCC(c2ccc(C(C)(C)F)cc2)(S(=O)(=O)c2ccc(F)cc2)CC1. The topological polar surface area (TPSA) is 51.2 Å². The molecule has 0 amide bonds. The van der Waals surface area contributed by atoms with Crippen LogP contribution in [0.3, 0.4) is 0 Å². The van der Waals surface area contributed by atoms with Gasteiger partial charge in [-0.3, -0.25) is 0 Å². The molecular formula is C24H28F2O3S. The number of carbonyl (C=O) groups excluding carboxylic acids is 1. The van der Waals surface area contributed by atoms with E-state index in [2.05, 4.69) is 0 Å². The van der Waals surface area contributed by atoms with E-state index in [1.165, 1.54) is 26.0 Å². The molecule has 0 bridgehead atoms. The predicted molar refractivity (Wildman–Crippen MR) is 113 cm³/mol. The van der Waals surface area contributed by atoms with Gasteiger partial charge in [-0.2, -0.15) is 0 Å². The summed E-state index contributed by atoms with van der Waals surface area (Å²) in [7, 11) is -3.84. The highest BCUT2D eigenvalue weighted by Gasteiger charge is 2.48. The molecule has 0 spiro atoms. The van der Waals surface area contributed by atoms with Gasteiger partial charge in [-0.15, -0.1) is 0 Å². The molecule has 2 aromatic rings. The van der Waals surface area contributed by atoms with Crippen molar-refractivity contribution >= 4 is 15.6 Å². The van der Waals surface area contributed by atoms with E-state index in [1.54, 1.807) is 31.2 Å². The highest BCUT2D eigenvalue weighted by atomic mass is 32.2. The summed E-state index contributed by atoms with van der Waals surface area (Å²) >= 11 is 0. The molecule has 0 N–H and O–H groups in total. The van der Waals surface area contributed by atoms with Crippen LogP contribution in [0.5, 0.6) is 0 Å². The van der Waals surface area contributed by atoms with Gasteiger partial charge in [0, 0.05) is 6.42 Å². The zero-order chi connectivity index (χ0) is 22.2. The van der Waals surface area contributed by atoms with Crippen LogP contribution in [0.25, 0.3) is 0 Å². The molecule has 3 nitrogen and oxygen atoms in total. The van der Waals surface area contributed by atoms with Crippen LogP contribution >= 0.6 is 0 Å². The zero-order valence-electron chi connectivity index (χ0n) is 17.6. The molecule has 0 aromatic heterocycles. The maximum Gasteiger partial charge on any atom is 0.188 e. The molecular weight excluding hydrogens is 406 g/mol. The van der Waals surface area contributed by atoms with Crippen LogP contribution in [-0.4, -0.2) is 14.2 Å². The lowest BCUT2D eigenvalue weighted by Gasteiger charge is -2.40. The fourth-order valence-electron chi connectivity index (χ4n) is 4.48. The van der Waals surface area contributed by atoms with Crippen LogP contribution < -0.4 is 0 Å². The number of hydrogen-bond acceptors (Lipinski definition) is 3. The Morgan fingerprint density at radius 2 is 1.57 bits per heavy atom. The number of benzene rings is 2. The van der Waals surface area contributed by atoms with Crippen molar-refractivity contribution in [2.45, 2.75) is 68.2 Å². The largest absolute Gasteiger partial charge is 0.300 e. The summed E-state index contributed by atoms with van der Waals surface area (Å²) < 4.78 is 54.1. The summed E-state index contributed by atoms with van der Waals surface area (Å²) in [5.41, 5.74) is -0.437. The Morgan fingerprint density at radius 3 is 2.03 bits per heavy atom. The van der Waals surface area contributed by atoms with Gasteiger partial charge in [0.25, 0.3) is 0 Å². The Hall–Kier alpha value is -2.08. The summed E-state index contributed by atoms with van der Waals surface area (Å²) in [5, 5.41) is 0. The second-order valence-corrected chi connectivity index (χ2v) is 11.1. The van der Waals surface area contributed by atoms with Gasteiger partial charge in [-0.1, -0.05) is 24.3 Å². The Kier molecular flexibility index (Phi) is 6.19. The van der Waals surface area contributed by atoms with E-state index < -0.39 is 26.1 Å². The lowest BCUT2D eigenvalue weighted by Crippen LogP contribution is -2.40. The Bertz CT molecular complexity index is 996. The average Bonchev–Trinajstić information content (AvgIpc) is 2.68. The molecule has 0 saturated heterocycles. The fourth-order valence-corrected chi connectivity index (χ4v) is 6.64. The standard InChI is InChI=1S/C24H28F2O3S/c1-17(27)16-18-12-14-24(15-13-18,20-6-4-19(5-7-20)23(2,3)26)30(28,29)22-10-8-21(25)9-11-22/h4-11,18H,12-16H2,1-3H3. The third-order valence-electron chi connectivity index (χ3n) is 6.22. The van der Waals surface area contributed by atoms with Gasteiger partial charge >= 0.3 is 0 Å². The molecule has 0 heterocycles. The number of sulfone groups is 1. The summed E-state index contributed by atoms with van der Waals surface area (Å²) in [5.74, 6) is -0.241. The van der Waals surface area contributed by atoms with E-state index >= 15 is 0 Å². The van der Waals surface area contributed by atoms with Gasteiger partial charge in [-0.25, -0.2) is 17.2 Å². The first-order chi connectivity index (χ1) is 14.0. The third kappa shape index (κ3) is 4.34. The maximum absolute atomic E-state index is 14.3. The highest BCUT2D eigenvalue weighted by Crippen LogP contribution is 2.49. The molecule has 0 radical (unpaired) electrons. The lowest BCUT2D eigenvalue weighted by molar-refractivity contribution is -0.118. The van der Waals surface area contributed by atoms with Crippen molar-refractivity contribution in [3.63, 3.8) is 0 Å². The van der Waals surface area contributed by atoms with E-state index in [9.17, 15) is 22.0 Å². The van der Waals surface area contributed by atoms with E-state index in [0.717, 1.165) is 12.1 Å². The molecule has 162 valence electrons. The van der Waals surface area contributed by atoms with Crippen LogP contribution in [0.15, 0.2) is 53.4 Å². The number of halogens is 2. The molecule has 3 rings (SSSR count). The van der Waals surface area contributed by atoms with Gasteiger partial charge in [0.05, 0.1) is 4.90 Å². The van der Waals surface area contributed by atoms with Crippen molar-refractivity contribution < 1.29 is 22.0 Å². The number of ketones is 1. The van der Waals surface area contributed by atoms with Gasteiger partial charge in [-0.05, 0) is 87.8 Å². The average molecular weight is 435 g/mol. The summed E-state index contributed by atoms with van der Waals surface area (Å²) in [6.07, 6.45) is 2.39. The molecule has 1 fully saturated rings. The van der Waals surface area contributed by atoms with Gasteiger partial charge < -0.3 is 4.79 Å². The van der Waals surface area contributed by atoms with Crippen molar-refractivity contribution in [2.24, 2.45) is 5.92 Å². The molecule has 1 aliphatic rings. The number of carbonyl (C=O) groups is 1. The highest BCUT2D eigenvalue weighted by molar-refractivity contribution is 7.92. The smallest absolute Gasteiger partial charge is 0.188 e. The van der Waals surface area contributed by atoms with E-state index in [4.69, 9.17) is 0 Å². The summed E-state index contributed by atoms with van der Waals surface area (Å²) in [6.45, 7) is 4.47. The number of hydrogen-bond donors (Lipinski definition) is 0.